The lowest BCUT2D eigenvalue weighted by Crippen LogP contribution is -2.16. The van der Waals surface area contributed by atoms with E-state index >= 15 is 0 Å². The Bertz CT molecular complexity index is 840. The molecular formula is C20H17N3. The molecule has 3 nitrogen and oxygen atoms in total. The summed E-state index contributed by atoms with van der Waals surface area (Å²) in [5.41, 5.74) is 4.67. The van der Waals surface area contributed by atoms with E-state index in [9.17, 15) is 0 Å². The largest absolute Gasteiger partial charge is 0.310 e. The fourth-order valence-electron chi connectivity index (χ4n) is 2.88. The summed E-state index contributed by atoms with van der Waals surface area (Å²) in [5.74, 6) is 0.769. The number of benzene rings is 2. The summed E-state index contributed by atoms with van der Waals surface area (Å²) in [5, 5.41) is 0. The third kappa shape index (κ3) is 2.86. The lowest BCUT2D eigenvalue weighted by Gasteiger charge is -2.17. The van der Waals surface area contributed by atoms with Gasteiger partial charge in [0.2, 0.25) is 5.95 Å². The van der Waals surface area contributed by atoms with Crippen LogP contribution in [0.3, 0.4) is 0 Å². The molecule has 23 heavy (non-hydrogen) atoms. The van der Waals surface area contributed by atoms with Crippen LogP contribution in [0.15, 0.2) is 66.9 Å². The first kappa shape index (κ1) is 13.7. The van der Waals surface area contributed by atoms with Crippen molar-refractivity contribution in [3.63, 3.8) is 0 Å². The Hall–Kier alpha value is -2.94. The van der Waals surface area contributed by atoms with Gasteiger partial charge < -0.3 is 4.90 Å². The van der Waals surface area contributed by atoms with Crippen LogP contribution >= 0.6 is 0 Å². The molecule has 0 N–H and O–H groups in total. The van der Waals surface area contributed by atoms with Crippen LogP contribution in [0.5, 0.6) is 0 Å². The highest BCUT2D eigenvalue weighted by Gasteiger charge is 2.21. The van der Waals surface area contributed by atoms with Crippen molar-refractivity contribution >= 4 is 23.8 Å². The van der Waals surface area contributed by atoms with Crippen LogP contribution < -0.4 is 4.90 Å². The second-order valence-electron chi connectivity index (χ2n) is 5.56. The van der Waals surface area contributed by atoms with Gasteiger partial charge in [0, 0.05) is 18.4 Å². The van der Waals surface area contributed by atoms with Crippen LogP contribution in [-0.4, -0.2) is 16.5 Å². The molecule has 0 saturated carbocycles. The minimum absolute atomic E-state index is 0.769. The smallest absolute Gasteiger partial charge is 0.230 e. The van der Waals surface area contributed by atoms with E-state index in [1.165, 1.54) is 16.8 Å². The summed E-state index contributed by atoms with van der Waals surface area (Å²) < 4.78 is 0. The van der Waals surface area contributed by atoms with Crippen LogP contribution in [0, 0.1) is 0 Å². The zero-order valence-electron chi connectivity index (χ0n) is 12.8. The van der Waals surface area contributed by atoms with Crippen molar-refractivity contribution in [3.8, 4) is 0 Å². The fourth-order valence-corrected chi connectivity index (χ4v) is 2.88. The van der Waals surface area contributed by atoms with E-state index in [1.54, 1.807) is 0 Å². The Morgan fingerprint density at radius 3 is 2.61 bits per heavy atom. The highest BCUT2D eigenvalue weighted by atomic mass is 15.3. The number of fused-ring (bicyclic) bond motifs is 1. The molecule has 0 saturated heterocycles. The second-order valence-corrected chi connectivity index (χ2v) is 5.56. The first-order valence-electron chi connectivity index (χ1n) is 7.82. The summed E-state index contributed by atoms with van der Waals surface area (Å²) in [6.07, 6.45) is 6.98. The van der Waals surface area contributed by atoms with Crippen molar-refractivity contribution in [3.05, 3.63) is 83.7 Å². The highest BCUT2D eigenvalue weighted by molar-refractivity contribution is 5.70. The van der Waals surface area contributed by atoms with Crippen molar-refractivity contribution < 1.29 is 0 Å². The molecule has 0 fully saturated rings. The summed E-state index contributed by atoms with van der Waals surface area (Å²) >= 11 is 0. The minimum atomic E-state index is 0.769. The van der Waals surface area contributed by atoms with E-state index < -0.39 is 0 Å². The van der Waals surface area contributed by atoms with Gasteiger partial charge in [-0.1, -0.05) is 54.6 Å². The third-order valence-electron chi connectivity index (χ3n) is 4.04. The summed E-state index contributed by atoms with van der Waals surface area (Å²) in [7, 11) is 0. The normalized spacial score (nSPS) is 13.5. The monoisotopic (exact) mass is 299 g/mol. The first-order chi connectivity index (χ1) is 11.4. The predicted octanol–water partition coefficient (Wildman–Crippen LogP) is 4.34. The SMILES string of the molecule is C(=C\c1ccnc(N2CCc3ccccc32)n1)/c1ccccc1. The molecule has 1 aliphatic rings. The molecule has 0 bridgehead atoms. The van der Waals surface area contributed by atoms with Gasteiger partial charge in [0.1, 0.15) is 0 Å². The Balaban J connectivity index is 1.61. The molecule has 0 radical (unpaired) electrons. The highest BCUT2D eigenvalue weighted by Crippen LogP contribution is 2.32. The number of hydrogen-bond donors (Lipinski definition) is 0. The molecule has 2 heterocycles. The first-order valence-corrected chi connectivity index (χ1v) is 7.82. The Kier molecular flexibility index (Phi) is 3.60. The van der Waals surface area contributed by atoms with Gasteiger partial charge in [-0.3, -0.25) is 0 Å². The summed E-state index contributed by atoms with van der Waals surface area (Å²) in [6, 6.07) is 20.6. The third-order valence-corrected chi connectivity index (χ3v) is 4.04. The topological polar surface area (TPSA) is 29.0 Å². The maximum Gasteiger partial charge on any atom is 0.230 e. The van der Waals surface area contributed by atoms with Gasteiger partial charge in [-0.05, 0) is 35.8 Å². The van der Waals surface area contributed by atoms with Crippen LogP contribution in [0.2, 0.25) is 0 Å². The van der Waals surface area contributed by atoms with Gasteiger partial charge in [-0.2, -0.15) is 0 Å². The molecular weight excluding hydrogens is 282 g/mol. The van der Waals surface area contributed by atoms with E-state index in [-0.39, 0.29) is 0 Å². The van der Waals surface area contributed by atoms with Gasteiger partial charge in [0.25, 0.3) is 0 Å². The Morgan fingerprint density at radius 2 is 1.70 bits per heavy atom. The van der Waals surface area contributed by atoms with Gasteiger partial charge in [0.05, 0.1) is 5.69 Å². The number of rotatable bonds is 3. The van der Waals surface area contributed by atoms with Gasteiger partial charge in [0.15, 0.2) is 0 Å². The Morgan fingerprint density at radius 1 is 0.870 bits per heavy atom. The van der Waals surface area contributed by atoms with Crippen molar-refractivity contribution in [2.45, 2.75) is 6.42 Å². The standard InChI is InChI=1S/C20H17N3/c1-2-6-16(7-3-1)10-11-18-12-14-21-20(22-18)23-15-13-17-8-4-5-9-19(17)23/h1-12,14H,13,15H2/b11-10+. The molecule has 0 aliphatic carbocycles. The van der Waals surface area contributed by atoms with Crippen LogP contribution in [0.4, 0.5) is 11.6 Å². The van der Waals surface area contributed by atoms with Gasteiger partial charge >= 0.3 is 0 Å². The zero-order valence-corrected chi connectivity index (χ0v) is 12.8. The van der Waals surface area contributed by atoms with Crippen molar-refractivity contribution in [2.24, 2.45) is 0 Å². The Labute approximate surface area is 136 Å². The molecule has 0 atom stereocenters. The molecule has 0 spiro atoms. The van der Waals surface area contributed by atoms with E-state index in [1.807, 2.05) is 36.5 Å². The zero-order chi connectivity index (χ0) is 15.5. The number of hydrogen-bond acceptors (Lipinski definition) is 3. The van der Waals surface area contributed by atoms with E-state index in [4.69, 9.17) is 4.98 Å². The number of aromatic nitrogens is 2. The molecule has 1 aromatic heterocycles. The minimum Gasteiger partial charge on any atom is -0.310 e. The van der Waals surface area contributed by atoms with Crippen LogP contribution in [-0.2, 0) is 6.42 Å². The van der Waals surface area contributed by atoms with Crippen LogP contribution in [0.1, 0.15) is 16.8 Å². The molecule has 0 unspecified atom stereocenters. The maximum atomic E-state index is 4.70. The van der Waals surface area contributed by atoms with Crippen molar-refractivity contribution in [1.29, 1.82) is 0 Å². The molecule has 4 rings (SSSR count). The fraction of sp³-hybridized carbons (Fsp3) is 0.100. The van der Waals surface area contributed by atoms with Crippen molar-refractivity contribution in [2.75, 3.05) is 11.4 Å². The van der Waals surface area contributed by atoms with Crippen LogP contribution in [0.25, 0.3) is 12.2 Å². The molecule has 1 aliphatic heterocycles. The van der Waals surface area contributed by atoms with E-state index in [2.05, 4.69) is 52.4 Å². The summed E-state index contributed by atoms with van der Waals surface area (Å²) in [4.78, 5) is 11.3. The number of anilines is 2. The van der Waals surface area contributed by atoms with Crippen molar-refractivity contribution in [1.82, 2.24) is 9.97 Å². The quantitative estimate of drug-likeness (QED) is 0.720. The number of para-hydroxylation sites is 1. The summed E-state index contributed by atoms with van der Waals surface area (Å²) in [6.45, 7) is 0.936. The molecule has 112 valence electrons. The maximum absolute atomic E-state index is 4.70. The van der Waals surface area contributed by atoms with E-state index in [0.29, 0.717) is 0 Å². The molecule has 3 aromatic rings. The molecule has 0 amide bonds. The average molecular weight is 299 g/mol. The lowest BCUT2D eigenvalue weighted by molar-refractivity contribution is 0.937. The van der Waals surface area contributed by atoms with E-state index in [0.717, 1.165) is 24.6 Å². The van der Waals surface area contributed by atoms with Gasteiger partial charge in [-0.25, -0.2) is 9.97 Å². The second kappa shape index (κ2) is 6.05. The average Bonchev–Trinajstić information content (AvgIpc) is 3.05. The predicted molar refractivity (Wildman–Crippen MR) is 94.6 cm³/mol. The lowest BCUT2D eigenvalue weighted by atomic mass is 10.2. The molecule has 3 heteroatoms. The number of nitrogens with zero attached hydrogens (tertiary/aromatic N) is 3. The molecule has 2 aromatic carbocycles. The van der Waals surface area contributed by atoms with Gasteiger partial charge in [-0.15, -0.1) is 0 Å².